The van der Waals surface area contributed by atoms with E-state index in [0.29, 0.717) is 26.0 Å². The van der Waals surface area contributed by atoms with Gasteiger partial charge in [-0.05, 0) is 12.8 Å². The zero-order valence-electron chi connectivity index (χ0n) is 31.6. The highest BCUT2D eigenvalue weighted by molar-refractivity contribution is 5.75. The van der Waals surface area contributed by atoms with Crippen LogP contribution < -0.4 is 5.32 Å². The van der Waals surface area contributed by atoms with E-state index >= 15 is 0 Å². The van der Waals surface area contributed by atoms with Crippen LogP contribution in [0.3, 0.4) is 0 Å². The highest BCUT2D eigenvalue weighted by atomic mass is 16.5. The largest absolute Gasteiger partial charge is 0.464 e. The summed E-state index contributed by atoms with van der Waals surface area (Å²) in [7, 11) is 0. The van der Waals surface area contributed by atoms with Gasteiger partial charge in [0.1, 0.15) is 6.61 Å². The number of hydrogen-bond donors (Lipinski definition) is 1. The highest BCUT2D eigenvalue weighted by Crippen LogP contribution is 2.16. The zero-order valence-corrected chi connectivity index (χ0v) is 31.6. The molecule has 0 saturated heterocycles. The van der Waals surface area contributed by atoms with Gasteiger partial charge in [0.05, 0.1) is 6.54 Å². The fourth-order valence-electron chi connectivity index (χ4n) is 6.52. The van der Waals surface area contributed by atoms with E-state index in [1.54, 1.807) is 0 Å². The van der Waals surface area contributed by atoms with Crippen molar-refractivity contribution in [1.82, 2.24) is 5.32 Å². The summed E-state index contributed by atoms with van der Waals surface area (Å²) in [4.78, 5) is 24.0. The maximum absolute atomic E-state index is 12.0. The summed E-state index contributed by atoms with van der Waals surface area (Å²) in [5.41, 5.74) is 0. The minimum atomic E-state index is -0.122. The van der Waals surface area contributed by atoms with Crippen LogP contribution in [0.15, 0.2) is 0 Å². The molecule has 0 saturated carbocycles. The second kappa shape index (κ2) is 40.1. The Bertz CT molecular complexity index is 608. The lowest BCUT2D eigenvalue weighted by Gasteiger charge is -2.07. The molecule has 0 fully saturated rings. The summed E-state index contributed by atoms with van der Waals surface area (Å²) in [6.45, 7) is 5.30. The summed E-state index contributed by atoms with van der Waals surface area (Å²) in [6, 6.07) is 0. The molecule has 0 atom stereocenters. The van der Waals surface area contributed by atoms with E-state index in [4.69, 9.17) is 4.74 Å². The van der Waals surface area contributed by atoms with Gasteiger partial charge in [-0.25, -0.2) is 0 Å². The lowest BCUT2D eigenvalue weighted by molar-refractivity contribution is -0.144. The molecule has 0 aliphatic rings. The van der Waals surface area contributed by atoms with E-state index in [1.807, 2.05) is 0 Å². The molecule has 0 unspecified atom stereocenters. The van der Waals surface area contributed by atoms with E-state index in [2.05, 4.69) is 19.2 Å². The standard InChI is InChI=1S/C42H83NO3/c1-3-5-7-9-11-13-15-17-19-20-21-22-24-25-27-29-31-33-35-37-41(44)43-39-40-46-42(45)38-36-34-32-30-28-26-23-18-16-14-12-10-8-6-4-2/h3-40H2,1-2H3,(H,43,44). The molecule has 0 aromatic heterocycles. The second-order valence-corrected chi connectivity index (χ2v) is 14.4. The topological polar surface area (TPSA) is 55.4 Å². The second-order valence-electron chi connectivity index (χ2n) is 14.4. The molecule has 0 aromatic rings. The van der Waals surface area contributed by atoms with Crippen LogP contribution >= 0.6 is 0 Å². The molecule has 0 spiro atoms. The summed E-state index contributed by atoms with van der Waals surface area (Å²) in [6.07, 6.45) is 46.9. The average Bonchev–Trinajstić information content (AvgIpc) is 3.06. The molecule has 4 nitrogen and oxygen atoms in total. The number of hydrogen-bond acceptors (Lipinski definition) is 3. The molecule has 0 rings (SSSR count). The molecular formula is C42H83NO3. The number of ether oxygens (including phenoxy) is 1. The molecule has 1 amide bonds. The lowest BCUT2D eigenvalue weighted by Crippen LogP contribution is -2.27. The summed E-state index contributed by atoms with van der Waals surface area (Å²) in [5, 5.41) is 2.90. The third-order valence-corrected chi connectivity index (χ3v) is 9.68. The fourth-order valence-corrected chi connectivity index (χ4v) is 6.52. The van der Waals surface area contributed by atoms with Gasteiger partial charge >= 0.3 is 5.97 Å². The average molecular weight is 650 g/mol. The molecule has 0 aliphatic heterocycles. The normalized spacial score (nSPS) is 11.3. The Morgan fingerprint density at radius 3 is 0.935 bits per heavy atom. The Morgan fingerprint density at radius 2 is 0.630 bits per heavy atom. The van der Waals surface area contributed by atoms with Crippen molar-refractivity contribution in [3.63, 3.8) is 0 Å². The Hall–Kier alpha value is -1.06. The van der Waals surface area contributed by atoms with Gasteiger partial charge in [0.2, 0.25) is 5.91 Å². The molecule has 46 heavy (non-hydrogen) atoms. The van der Waals surface area contributed by atoms with Crippen molar-refractivity contribution in [3.8, 4) is 0 Å². The Labute approximate surface area is 289 Å². The predicted octanol–water partition coefficient (Wildman–Crippen LogP) is 13.7. The first-order valence-corrected chi connectivity index (χ1v) is 21.1. The Kier molecular flexibility index (Phi) is 39.2. The molecule has 0 aliphatic carbocycles. The summed E-state index contributed by atoms with van der Waals surface area (Å²) < 4.78 is 5.30. The maximum atomic E-state index is 12.0. The molecule has 0 aromatic carbocycles. The van der Waals surface area contributed by atoms with Gasteiger partial charge in [-0.15, -0.1) is 0 Å². The van der Waals surface area contributed by atoms with Crippen molar-refractivity contribution in [2.45, 2.75) is 245 Å². The maximum Gasteiger partial charge on any atom is 0.305 e. The third-order valence-electron chi connectivity index (χ3n) is 9.68. The minimum absolute atomic E-state index is 0.0884. The number of rotatable bonds is 39. The number of nitrogens with one attached hydrogen (secondary N) is 1. The molecule has 0 radical (unpaired) electrons. The smallest absolute Gasteiger partial charge is 0.305 e. The fraction of sp³-hybridized carbons (Fsp3) is 0.952. The Morgan fingerprint density at radius 1 is 0.370 bits per heavy atom. The first kappa shape index (κ1) is 44.9. The molecule has 1 N–H and O–H groups in total. The van der Waals surface area contributed by atoms with Gasteiger partial charge in [-0.3, -0.25) is 9.59 Å². The van der Waals surface area contributed by atoms with Crippen molar-refractivity contribution in [2.24, 2.45) is 0 Å². The van der Waals surface area contributed by atoms with Crippen LogP contribution in [0.5, 0.6) is 0 Å². The molecule has 274 valence electrons. The molecular weight excluding hydrogens is 566 g/mol. The van der Waals surface area contributed by atoms with Crippen LogP contribution in [0.2, 0.25) is 0 Å². The zero-order chi connectivity index (χ0) is 33.4. The van der Waals surface area contributed by atoms with E-state index in [0.717, 1.165) is 25.7 Å². The predicted molar refractivity (Wildman–Crippen MR) is 202 cm³/mol. The van der Waals surface area contributed by atoms with E-state index in [-0.39, 0.29) is 11.9 Å². The van der Waals surface area contributed by atoms with Crippen molar-refractivity contribution in [1.29, 1.82) is 0 Å². The quantitative estimate of drug-likeness (QED) is 0.0532. The van der Waals surface area contributed by atoms with Gasteiger partial charge < -0.3 is 10.1 Å². The first-order chi connectivity index (χ1) is 22.7. The molecule has 0 bridgehead atoms. The number of amides is 1. The SMILES string of the molecule is CCCCCCCCCCCCCCCCCCCCCC(=O)NCCOC(=O)CCCCCCCCCCCCCCCCC. The number of esters is 1. The van der Waals surface area contributed by atoms with Crippen LogP contribution in [0.1, 0.15) is 245 Å². The monoisotopic (exact) mass is 650 g/mol. The van der Waals surface area contributed by atoms with Crippen LogP contribution in [0.4, 0.5) is 0 Å². The van der Waals surface area contributed by atoms with Gasteiger partial charge in [0.15, 0.2) is 0 Å². The Balaban J connectivity index is 3.25. The van der Waals surface area contributed by atoms with E-state index < -0.39 is 0 Å². The van der Waals surface area contributed by atoms with Crippen LogP contribution in [0.25, 0.3) is 0 Å². The molecule has 4 heteroatoms. The lowest BCUT2D eigenvalue weighted by atomic mass is 10.0. The molecule has 0 heterocycles. The van der Waals surface area contributed by atoms with Crippen molar-refractivity contribution in [3.05, 3.63) is 0 Å². The van der Waals surface area contributed by atoms with Crippen molar-refractivity contribution < 1.29 is 14.3 Å². The summed E-state index contributed by atoms with van der Waals surface area (Å²) in [5.74, 6) is -0.0341. The van der Waals surface area contributed by atoms with Crippen LogP contribution in [0, 0.1) is 0 Å². The van der Waals surface area contributed by atoms with Crippen molar-refractivity contribution >= 4 is 11.9 Å². The number of carbonyl (C=O) groups excluding carboxylic acids is 2. The minimum Gasteiger partial charge on any atom is -0.464 e. The van der Waals surface area contributed by atoms with Crippen molar-refractivity contribution in [2.75, 3.05) is 13.2 Å². The van der Waals surface area contributed by atoms with Gasteiger partial charge in [0.25, 0.3) is 0 Å². The van der Waals surface area contributed by atoms with Gasteiger partial charge in [-0.1, -0.05) is 219 Å². The van der Waals surface area contributed by atoms with Gasteiger partial charge in [0, 0.05) is 12.8 Å². The highest BCUT2D eigenvalue weighted by Gasteiger charge is 2.05. The summed E-state index contributed by atoms with van der Waals surface area (Å²) >= 11 is 0. The van der Waals surface area contributed by atoms with Crippen LogP contribution in [-0.2, 0) is 14.3 Å². The van der Waals surface area contributed by atoms with Gasteiger partial charge in [-0.2, -0.15) is 0 Å². The third kappa shape index (κ3) is 39.1. The number of unbranched alkanes of at least 4 members (excludes halogenated alkanes) is 32. The van der Waals surface area contributed by atoms with E-state index in [9.17, 15) is 9.59 Å². The first-order valence-electron chi connectivity index (χ1n) is 21.1. The van der Waals surface area contributed by atoms with Crippen LogP contribution in [-0.4, -0.2) is 25.0 Å². The number of carbonyl (C=O) groups is 2. The van der Waals surface area contributed by atoms with E-state index in [1.165, 1.54) is 193 Å².